The summed E-state index contributed by atoms with van der Waals surface area (Å²) >= 11 is 3.75. The zero-order chi connectivity index (χ0) is 45.5. The fraction of sp³-hybridized carbons (Fsp3) is 0.0303. The van der Waals surface area contributed by atoms with Gasteiger partial charge < -0.3 is 4.90 Å². The van der Waals surface area contributed by atoms with Crippen molar-refractivity contribution >= 4 is 71.1 Å². The molecule has 0 saturated carbocycles. The van der Waals surface area contributed by atoms with Gasteiger partial charge in [-0.15, -0.1) is 11.3 Å². The van der Waals surface area contributed by atoms with Gasteiger partial charge in [0.15, 0.2) is 0 Å². The molecule has 1 aliphatic heterocycles. The summed E-state index contributed by atoms with van der Waals surface area (Å²) in [6.07, 6.45) is 0. The van der Waals surface area contributed by atoms with Gasteiger partial charge in [0.05, 0.1) is 10.8 Å². The molecule has 2 heterocycles. The van der Waals surface area contributed by atoms with E-state index < -0.39 is 10.8 Å². The van der Waals surface area contributed by atoms with Crippen LogP contribution < -0.4 is 4.90 Å². The fourth-order valence-electron chi connectivity index (χ4n) is 12.0. The molecule has 0 radical (unpaired) electrons. The minimum Gasteiger partial charge on any atom is -0.310 e. The maximum Gasteiger partial charge on any atom is 0.0724 e. The number of rotatable bonds is 7. The van der Waals surface area contributed by atoms with E-state index in [1.54, 1.807) is 0 Å². The van der Waals surface area contributed by atoms with Crippen molar-refractivity contribution in [3.63, 3.8) is 0 Å². The van der Waals surface area contributed by atoms with Crippen LogP contribution in [0.15, 0.2) is 271 Å². The third-order valence-electron chi connectivity index (χ3n) is 14.8. The second kappa shape index (κ2) is 15.8. The lowest BCUT2D eigenvalue weighted by molar-refractivity contribution is 0.703. The van der Waals surface area contributed by atoms with E-state index in [0.29, 0.717) is 0 Å². The Kier molecular flexibility index (Phi) is 9.20. The molecule has 0 bridgehead atoms. The van der Waals surface area contributed by atoms with Crippen molar-refractivity contribution in [2.45, 2.75) is 20.6 Å². The molecule has 1 aromatic heterocycles. The maximum absolute atomic E-state index is 2.51. The van der Waals surface area contributed by atoms with Gasteiger partial charge in [-0.3, -0.25) is 0 Å². The molecule has 69 heavy (non-hydrogen) atoms. The first-order chi connectivity index (χ1) is 34.2. The van der Waals surface area contributed by atoms with E-state index in [2.05, 4.69) is 266 Å². The standard InChI is InChI=1S/C66H43NS2/c1-3-21-46(22-4-1)65(57-31-11-9-29-53(57)54-30-10-12-32-58(54)65)48-25-17-27-50(41-48)67(52-37-38-61-56(43-52)55-39-44-19-7-8-20-45(44)40-64(55)68-61)51-28-18-26-49(42-51)66(47-23-5-2-6-24-47)59-33-13-15-35-62(59)69-63-36-16-14-34-60(63)66/h1-43H. The molecular weight excluding hydrogens is 871 g/mol. The molecule has 0 amide bonds. The summed E-state index contributed by atoms with van der Waals surface area (Å²) in [5.74, 6) is 0. The predicted molar refractivity (Wildman–Crippen MR) is 291 cm³/mol. The average molecular weight is 914 g/mol. The third kappa shape index (κ3) is 5.97. The van der Waals surface area contributed by atoms with Gasteiger partial charge in [-0.1, -0.05) is 206 Å². The molecule has 2 aliphatic rings. The Morgan fingerprint density at radius 2 is 0.725 bits per heavy atom. The molecule has 0 fully saturated rings. The highest BCUT2D eigenvalue weighted by molar-refractivity contribution is 7.99. The second-order valence-electron chi connectivity index (χ2n) is 18.3. The molecule has 0 atom stereocenters. The largest absolute Gasteiger partial charge is 0.310 e. The van der Waals surface area contributed by atoms with Gasteiger partial charge in [-0.25, -0.2) is 0 Å². The summed E-state index contributed by atoms with van der Waals surface area (Å²) < 4.78 is 2.58. The van der Waals surface area contributed by atoms with Gasteiger partial charge in [0, 0.05) is 47.0 Å². The highest BCUT2D eigenvalue weighted by Crippen LogP contribution is 2.58. The Labute approximate surface area is 410 Å². The summed E-state index contributed by atoms with van der Waals surface area (Å²) in [4.78, 5) is 5.07. The lowest BCUT2D eigenvalue weighted by Gasteiger charge is -2.42. The average Bonchev–Trinajstić information content (AvgIpc) is 3.93. The molecule has 0 spiro atoms. The molecule has 12 aromatic rings. The van der Waals surface area contributed by atoms with E-state index in [4.69, 9.17) is 0 Å². The topological polar surface area (TPSA) is 3.24 Å². The lowest BCUT2D eigenvalue weighted by atomic mass is 9.64. The van der Waals surface area contributed by atoms with Crippen LogP contribution in [0.25, 0.3) is 42.1 Å². The molecular formula is C66H43NS2. The Balaban J connectivity index is 1.05. The van der Waals surface area contributed by atoms with E-state index >= 15 is 0 Å². The molecule has 0 saturated heterocycles. The van der Waals surface area contributed by atoms with Crippen molar-refractivity contribution in [2.24, 2.45) is 0 Å². The molecule has 3 heteroatoms. The SMILES string of the molecule is c1ccc(C2(c3cccc(N(c4cccc(C5(c6ccccc6)c6ccccc6-c6ccccc65)c4)c4ccc5sc6cc7ccccc7cc6c5c4)c3)c3ccccc3Sc3ccccc32)cc1. The zero-order valence-electron chi connectivity index (χ0n) is 37.6. The monoisotopic (exact) mass is 913 g/mol. The Hall–Kier alpha value is -7.95. The van der Waals surface area contributed by atoms with E-state index in [0.717, 1.165) is 17.1 Å². The van der Waals surface area contributed by atoms with Crippen LogP contribution in [0.2, 0.25) is 0 Å². The van der Waals surface area contributed by atoms with Gasteiger partial charge in [-0.2, -0.15) is 0 Å². The molecule has 14 rings (SSSR count). The van der Waals surface area contributed by atoms with Crippen molar-refractivity contribution in [2.75, 3.05) is 4.90 Å². The summed E-state index contributed by atoms with van der Waals surface area (Å²) in [6, 6.07) is 97.8. The van der Waals surface area contributed by atoms with Crippen molar-refractivity contribution in [3.8, 4) is 11.1 Å². The van der Waals surface area contributed by atoms with E-state index in [-0.39, 0.29) is 0 Å². The smallest absolute Gasteiger partial charge is 0.0724 e. The van der Waals surface area contributed by atoms with Crippen molar-refractivity contribution < 1.29 is 0 Å². The quantitative estimate of drug-likeness (QED) is 0.157. The van der Waals surface area contributed by atoms with Crippen LogP contribution in [0.3, 0.4) is 0 Å². The van der Waals surface area contributed by atoms with Crippen LogP contribution in [0, 0.1) is 0 Å². The lowest BCUT2D eigenvalue weighted by Crippen LogP contribution is -2.34. The number of fused-ring (bicyclic) bond motifs is 9. The van der Waals surface area contributed by atoms with Crippen LogP contribution in [-0.4, -0.2) is 0 Å². The van der Waals surface area contributed by atoms with Crippen LogP contribution >= 0.6 is 23.1 Å². The number of hydrogen-bond donors (Lipinski definition) is 0. The summed E-state index contributed by atoms with van der Waals surface area (Å²) in [6.45, 7) is 0. The molecule has 0 unspecified atom stereocenters. The Bertz CT molecular complexity index is 3870. The first-order valence-corrected chi connectivity index (χ1v) is 25.4. The zero-order valence-corrected chi connectivity index (χ0v) is 39.2. The molecule has 0 N–H and O–H groups in total. The van der Waals surface area contributed by atoms with Crippen molar-refractivity contribution in [1.82, 2.24) is 0 Å². The van der Waals surface area contributed by atoms with Crippen LogP contribution in [0.1, 0.15) is 44.5 Å². The van der Waals surface area contributed by atoms with Gasteiger partial charge in [-0.05, 0) is 133 Å². The van der Waals surface area contributed by atoms with E-state index in [9.17, 15) is 0 Å². The summed E-state index contributed by atoms with van der Waals surface area (Å²) in [5.41, 5.74) is 14.9. The predicted octanol–water partition coefficient (Wildman–Crippen LogP) is 17.9. The van der Waals surface area contributed by atoms with Crippen LogP contribution in [0.5, 0.6) is 0 Å². The van der Waals surface area contributed by atoms with E-state index in [1.165, 1.54) is 96.4 Å². The highest BCUT2D eigenvalue weighted by Gasteiger charge is 2.47. The fourth-order valence-corrected chi connectivity index (χ4v) is 14.3. The van der Waals surface area contributed by atoms with Crippen molar-refractivity contribution in [3.05, 3.63) is 305 Å². The van der Waals surface area contributed by atoms with Gasteiger partial charge >= 0.3 is 0 Å². The molecule has 1 aliphatic carbocycles. The maximum atomic E-state index is 2.51. The van der Waals surface area contributed by atoms with Crippen molar-refractivity contribution in [1.29, 1.82) is 0 Å². The second-order valence-corrected chi connectivity index (χ2v) is 20.5. The Morgan fingerprint density at radius 1 is 0.290 bits per heavy atom. The summed E-state index contributed by atoms with van der Waals surface area (Å²) in [5, 5.41) is 5.08. The Morgan fingerprint density at radius 3 is 1.30 bits per heavy atom. The van der Waals surface area contributed by atoms with Crippen LogP contribution in [-0.2, 0) is 10.8 Å². The van der Waals surface area contributed by atoms with Crippen LogP contribution in [0.4, 0.5) is 17.1 Å². The first kappa shape index (κ1) is 40.1. The number of nitrogens with zero attached hydrogens (tertiary/aromatic N) is 1. The third-order valence-corrected chi connectivity index (χ3v) is 17.1. The normalized spacial score (nSPS) is 14.0. The number of benzene rings is 11. The first-order valence-electron chi connectivity index (χ1n) is 23.7. The highest BCUT2D eigenvalue weighted by atomic mass is 32.2. The van der Waals surface area contributed by atoms with Gasteiger partial charge in [0.1, 0.15) is 0 Å². The van der Waals surface area contributed by atoms with E-state index in [1.807, 2.05) is 23.1 Å². The van der Waals surface area contributed by atoms with Gasteiger partial charge in [0.25, 0.3) is 0 Å². The number of thiophene rings is 1. The number of hydrogen-bond acceptors (Lipinski definition) is 3. The summed E-state index contributed by atoms with van der Waals surface area (Å²) in [7, 11) is 0. The minimum absolute atomic E-state index is 0.545. The molecule has 11 aromatic carbocycles. The van der Waals surface area contributed by atoms with Gasteiger partial charge in [0.2, 0.25) is 0 Å². The molecule has 324 valence electrons. The number of anilines is 3. The molecule has 1 nitrogen and oxygen atoms in total. The minimum atomic E-state index is -0.577.